The largest absolute Gasteiger partial charge is 0.481 e. The molecule has 1 amide bonds. The molecular formula is C17H16FNO4. The van der Waals surface area contributed by atoms with E-state index in [1.54, 1.807) is 31.2 Å². The highest BCUT2D eigenvalue weighted by molar-refractivity contribution is 5.93. The number of carboxylic acids is 1. The third kappa shape index (κ3) is 2.84. The minimum atomic E-state index is -0.915. The molecule has 1 saturated heterocycles. The summed E-state index contributed by atoms with van der Waals surface area (Å²) >= 11 is 0. The van der Waals surface area contributed by atoms with Gasteiger partial charge in [-0.3, -0.25) is 9.59 Å². The van der Waals surface area contributed by atoms with E-state index in [0.29, 0.717) is 24.3 Å². The number of hydrogen-bond donors (Lipinski definition) is 1. The van der Waals surface area contributed by atoms with Gasteiger partial charge in [-0.15, -0.1) is 0 Å². The molecule has 6 heteroatoms. The Labute approximate surface area is 132 Å². The van der Waals surface area contributed by atoms with Gasteiger partial charge in [0.15, 0.2) is 5.76 Å². The van der Waals surface area contributed by atoms with Crippen LogP contribution in [0.25, 0.3) is 11.3 Å². The predicted octanol–water partition coefficient (Wildman–Crippen LogP) is 3.02. The van der Waals surface area contributed by atoms with Crippen LogP contribution in [0.4, 0.5) is 4.39 Å². The maximum atomic E-state index is 12.9. The number of carbonyl (C=O) groups is 2. The van der Waals surface area contributed by atoms with Crippen LogP contribution in [0.15, 0.2) is 40.8 Å². The second kappa shape index (κ2) is 5.53. The molecule has 0 radical (unpaired) electrons. The predicted molar refractivity (Wildman–Crippen MR) is 80.4 cm³/mol. The van der Waals surface area contributed by atoms with Crippen LogP contribution in [0, 0.1) is 11.2 Å². The molecule has 23 heavy (non-hydrogen) atoms. The Morgan fingerprint density at radius 2 is 1.91 bits per heavy atom. The lowest BCUT2D eigenvalue weighted by molar-refractivity contribution is -0.147. The molecule has 0 unspecified atom stereocenters. The van der Waals surface area contributed by atoms with Crippen molar-refractivity contribution in [3.05, 3.63) is 48.0 Å². The summed E-state index contributed by atoms with van der Waals surface area (Å²) in [4.78, 5) is 25.2. The highest BCUT2D eigenvalue weighted by Gasteiger charge is 2.42. The SMILES string of the molecule is C[C@@]1(C(=O)O)CCN(C(=O)c2ccc(-c3ccc(F)cc3)o2)C1. The van der Waals surface area contributed by atoms with E-state index in [1.807, 2.05) is 0 Å². The standard InChI is InChI=1S/C17H16FNO4/c1-17(16(21)22)8-9-19(10-17)15(20)14-7-6-13(23-14)11-2-4-12(18)5-3-11/h2-7H,8-10H2,1H3,(H,21,22)/t17-/m1/s1. The molecule has 0 saturated carbocycles. The highest BCUT2D eigenvalue weighted by atomic mass is 19.1. The zero-order chi connectivity index (χ0) is 16.6. The third-order valence-electron chi connectivity index (χ3n) is 4.22. The fourth-order valence-electron chi connectivity index (χ4n) is 2.69. The summed E-state index contributed by atoms with van der Waals surface area (Å²) < 4.78 is 18.5. The van der Waals surface area contributed by atoms with E-state index in [1.165, 1.54) is 17.0 Å². The molecule has 1 atom stereocenters. The van der Waals surface area contributed by atoms with Crippen LogP contribution < -0.4 is 0 Å². The fourth-order valence-corrected chi connectivity index (χ4v) is 2.69. The average molecular weight is 317 g/mol. The van der Waals surface area contributed by atoms with Gasteiger partial charge in [0, 0.05) is 18.7 Å². The maximum absolute atomic E-state index is 12.9. The van der Waals surface area contributed by atoms with Crippen LogP contribution in [0.2, 0.25) is 0 Å². The van der Waals surface area contributed by atoms with E-state index in [9.17, 15) is 19.1 Å². The molecule has 1 aromatic carbocycles. The summed E-state index contributed by atoms with van der Waals surface area (Å²) in [7, 11) is 0. The molecule has 0 aliphatic carbocycles. The van der Waals surface area contributed by atoms with Gasteiger partial charge in [-0.1, -0.05) is 0 Å². The van der Waals surface area contributed by atoms with Crippen molar-refractivity contribution in [2.75, 3.05) is 13.1 Å². The highest BCUT2D eigenvalue weighted by Crippen LogP contribution is 2.32. The minimum Gasteiger partial charge on any atom is -0.481 e. The Kier molecular flexibility index (Phi) is 3.67. The van der Waals surface area contributed by atoms with E-state index >= 15 is 0 Å². The number of carbonyl (C=O) groups excluding carboxylic acids is 1. The third-order valence-corrected chi connectivity index (χ3v) is 4.22. The first-order valence-electron chi connectivity index (χ1n) is 7.27. The number of hydrogen-bond acceptors (Lipinski definition) is 3. The lowest BCUT2D eigenvalue weighted by Crippen LogP contribution is -2.34. The van der Waals surface area contributed by atoms with Crippen molar-refractivity contribution in [1.29, 1.82) is 0 Å². The minimum absolute atomic E-state index is 0.152. The normalized spacial score (nSPS) is 20.7. The van der Waals surface area contributed by atoms with Crippen LogP contribution >= 0.6 is 0 Å². The van der Waals surface area contributed by atoms with Crippen LogP contribution in [-0.4, -0.2) is 35.0 Å². The van der Waals surface area contributed by atoms with Crippen molar-refractivity contribution < 1.29 is 23.5 Å². The molecule has 1 aliphatic rings. The molecule has 2 aromatic rings. The smallest absolute Gasteiger partial charge is 0.311 e. The molecule has 0 bridgehead atoms. The first-order valence-corrected chi connectivity index (χ1v) is 7.27. The Morgan fingerprint density at radius 1 is 1.22 bits per heavy atom. The number of aliphatic carboxylic acids is 1. The average Bonchev–Trinajstić information content (AvgIpc) is 3.15. The number of furan rings is 1. The summed E-state index contributed by atoms with van der Waals surface area (Å²) in [5, 5.41) is 9.23. The molecule has 120 valence electrons. The van der Waals surface area contributed by atoms with Gasteiger partial charge in [-0.05, 0) is 49.7 Å². The van der Waals surface area contributed by atoms with Gasteiger partial charge in [0.25, 0.3) is 5.91 Å². The fraction of sp³-hybridized carbons (Fsp3) is 0.294. The van der Waals surface area contributed by atoms with Gasteiger partial charge in [0.2, 0.25) is 0 Å². The van der Waals surface area contributed by atoms with Crippen LogP contribution in [0.5, 0.6) is 0 Å². The lowest BCUT2D eigenvalue weighted by Gasteiger charge is -2.19. The van der Waals surface area contributed by atoms with Crippen molar-refractivity contribution in [2.24, 2.45) is 5.41 Å². The summed E-state index contributed by atoms with van der Waals surface area (Å²) in [5.74, 6) is -0.961. The first-order chi connectivity index (χ1) is 10.9. The van der Waals surface area contributed by atoms with Crippen molar-refractivity contribution in [2.45, 2.75) is 13.3 Å². The number of halogens is 1. The zero-order valence-electron chi connectivity index (χ0n) is 12.6. The van der Waals surface area contributed by atoms with Gasteiger partial charge in [0.1, 0.15) is 11.6 Å². The van der Waals surface area contributed by atoms with Gasteiger partial charge < -0.3 is 14.4 Å². The monoisotopic (exact) mass is 317 g/mol. The maximum Gasteiger partial charge on any atom is 0.311 e. The number of amides is 1. The van der Waals surface area contributed by atoms with Crippen LogP contribution in [-0.2, 0) is 4.79 Å². The van der Waals surface area contributed by atoms with Gasteiger partial charge >= 0.3 is 5.97 Å². The number of likely N-dealkylation sites (tertiary alicyclic amines) is 1. The van der Waals surface area contributed by atoms with Crippen molar-refractivity contribution in [3.63, 3.8) is 0 Å². The molecule has 2 heterocycles. The second-order valence-electron chi connectivity index (χ2n) is 6.01. The quantitative estimate of drug-likeness (QED) is 0.944. The molecular weight excluding hydrogens is 301 g/mol. The van der Waals surface area contributed by atoms with E-state index in [4.69, 9.17) is 4.42 Å². The molecule has 3 rings (SSSR count). The number of benzene rings is 1. The van der Waals surface area contributed by atoms with E-state index in [-0.39, 0.29) is 24.0 Å². The molecule has 0 spiro atoms. The lowest BCUT2D eigenvalue weighted by atomic mass is 9.90. The second-order valence-corrected chi connectivity index (χ2v) is 6.01. The van der Waals surface area contributed by atoms with E-state index < -0.39 is 11.4 Å². The molecule has 1 aliphatic heterocycles. The Balaban J connectivity index is 1.77. The molecule has 1 N–H and O–H groups in total. The van der Waals surface area contributed by atoms with Gasteiger partial charge in [-0.25, -0.2) is 4.39 Å². The summed E-state index contributed by atoms with van der Waals surface area (Å²) in [6.45, 7) is 2.18. The Morgan fingerprint density at radius 3 is 2.52 bits per heavy atom. The van der Waals surface area contributed by atoms with Crippen LogP contribution in [0.3, 0.4) is 0 Å². The van der Waals surface area contributed by atoms with E-state index in [2.05, 4.69) is 0 Å². The summed E-state index contributed by atoms with van der Waals surface area (Å²) in [6, 6.07) is 8.97. The van der Waals surface area contributed by atoms with Crippen LogP contribution in [0.1, 0.15) is 23.9 Å². The molecule has 1 fully saturated rings. The number of carboxylic acid groups (broad SMARTS) is 1. The molecule has 5 nitrogen and oxygen atoms in total. The topological polar surface area (TPSA) is 70.8 Å². The van der Waals surface area contributed by atoms with Crippen molar-refractivity contribution >= 4 is 11.9 Å². The Bertz CT molecular complexity index is 752. The van der Waals surface area contributed by atoms with E-state index in [0.717, 1.165) is 0 Å². The summed E-state index contributed by atoms with van der Waals surface area (Å²) in [5.41, 5.74) is -0.246. The first kappa shape index (κ1) is 15.3. The summed E-state index contributed by atoms with van der Waals surface area (Å²) in [6.07, 6.45) is 0.416. The van der Waals surface area contributed by atoms with Gasteiger partial charge in [0.05, 0.1) is 5.41 Å². The number of nitrogens with zero attached hydrogens (tertiary/aromatic N) is 1. The zero-order valence-corrected chi connectivity index (χ0v) is 12.6. The van der Waals surface area contributed by atoms with Crippen molar-refractivity contribution in [1.82, 2.24) is 4.90 Å². The number of rotatable bonds is 3. The van der Waals surface area contributed by atoms with Gasteiger partial charge in [-0.2, -0.15) is 0 Å². The Hall–Kier alpha value is -2.63. The van der Waals surface area contributed by atoms with Crippen molar-refractivity contribution in [3.8, 4) is 11.3 Å². The molecule has 1 aromatic heterocycles.